The zero-order chi connectivity index (χ0) is 16.9. The highest BCUT2D eigenvalue weighted by atomic mass is 32.1. The molecule has 0 N–H and O–H groups in total. The molecule has 4 nitrogen and oxygen atoms in total. The maximum Gasteiger partial charge on any atom is 0.279 e. The van der Waals surface area contributed by atoms with Crippen LogP contribution in [-0.2, 0) is 17.7 Å². The molecule has 24 heavy (non-hydrogen) atoms. The molecule has 0 radical (unpaired) electrons. The number of benzene rings is 2. The maximum absolute atomic E-state index is 12.5. The highest BCUT2D eigenvalue weighted by Gasteiger charge is 2.09. The highest BCUT2D eigenvalue weighted by molar-refractivity contribution is 7.16. The monoisotopic (exact) mass is 340 g/mol. The van der Waals surface area contributed by atoms with Crippen LogP contribution in [0.4, 0.5) is 0 Å². The SMILES string of the molecule is CCc1ccc(C(=O)/N=c2\sc3ccccc3n2CCOC)cc1. The quantitative estimate of drug-likeness (QED) is 0.711. The molecule has 1 aromatic heterocycles. The van der Waals surface area contributed by atoms with E-state index in [0.29, 0.717) is 23.5 Å². The van der Waals surface area contributed by atoms with Crippen LogP contribution in [0.25, 0.3) is 10.2 Å². The summed E-state index contributed by atoms with van der Waals surface area (Å²) in [5.41, 5.74) is 2.90. The first-order valence-corrected chi connectivity index (χ1v) is 8.80. The van der Waals surface area contributed by atoms with Gasteiger partial charge >= 0.3 is 0 Å². The third kappa shape index (κ3) is 3.47. The third-order valence-electron chi connectivity index (χ3n) is 3.91. The molecular weight excluding hydrogens is 320 g/mol. The summed E-state index contributed by atoms with van der Waals surface area (Å²) in [7, 11) is 1.67. The van der Waals surface area contributed by atoms with Crippen molar-refractivity contribution in [3.8, 4) is 0 Å². The molecule has 0 aliphatic heterocycles. The van der Waals surface area contributed by atoms with Crippen LogP contribution in [0.2, 0.25) is 0 Å². The van der Waals surface area contributed by atoms with E-state index in [-0.39, 0.29) is 5.91 Å². The molecule has 3 rings (SSSR count). The Morgan fingerprint density at radius 2 is 1.92 bits per heavy atom. The van der Waals surface area contributed by atoms with E-state index in [4.69, 9.17) is 4.74 Å². The Labute approximate surface area is 145 Å². The summed E-state index contributed by atoms with van der Waals surface area (Å²) in [4.78, 5) is 17.6. The minimum Gasteiger partial charge on any atom is -0.383 e. The van der Waals surface area contributed by atoms with E-state index in [0.717, 1.165) is 16.6 Å². The third-order valence-corrected chi connectivity index (χ3v) is 4.97. The van der Waals surface area contributed by atoms with Crippen LogP contribution < -0.4 is 4.80 Å². The van der Waals surface area contributed by atoms with Crippen LogP contribution in [0.3, 0.4) is 0 Å². The summed E-state index contributed by atoms with van der Waals surface area (Å²) in [6, 6.07) is 15.7. The number of fused-ring (bicyclic) bond motifs is 1. The smallest absolute Gasteiger partial charge is 0.279 e. The van der Waals surface area contributed by atoms with Crippen molar-refractivity contribution in [1.82, 2.24) is 4.57 Å². The molecule has 0 aliphatic rings. The van der Waals surface area contributed by atoms with Gasteiger partial charge in [-0.25, -0.2) is 0 Å². The second-order valence-corrected chi connectivity index (χ2v) is 6.47. The van der Waals surface area contributed by atoms with E-state index in [9.17, 15) is 4.79 Å². The molecule has 0 fully saturated rings. The number of ether oxygens (including phenoxy) is 1. The number of aryl methyl sites for hydroxylation is 1. The van der Waals surface area contributed by atoms with Crippen LogP contribution in [0.15, 0.2) is 53.5 Å². The molecule has 1 heterocycles. The molecule has 0 saturated carbocycles. The fourth-order valence-corrected chi connectivity index (χ4v) is 3.59. The first-order chi connectivity index (χ1) is 11.7. The predicted molar refractivity (Wildman–Crippen MR) is 97.4 cm³/mol. The second kappa shape index (κ2) is 7.55. The maximum atomic E-state index is 12.5. The van der Waals surface area contributed by atoms with Gasteiger partial charge in [0.25, 0.3) is 5.91 Å². The Hall–Kier alpha value is -2.24. The van der Waals surface area contributed by atoms with Gasteiger partial charge in [-0.15, -0.1) is 0 Å². The van der Waals surface area contributed by atoms with E-state index in [2.05, 4.69) is 11.9 Å². The minimum atomic E-state index is -0.213. The van der Waals surface area contributed by atoms with E-state index in [1.165, 1.54) is 16.9 Å². The topological polar surface area (TPSA) is 43.6 Å². The number of thiazole rings is 1. The van der Waals surface area contributed by atoms with E-state index < -0.39 is 0 Å². The Bertz CT molecular complexity index is 907. The van der Waals surface area contributed by atoms with Crippen LogP contribution in [0.5, 0.6) is 0 Å². The standard InChI is InChI=1S/C19H20N2O2S/c1-3-14-8-10-15(11-9-14)18(22)20-19-21(12-13-23-2)16-6-4-5-7-17(16)24-19/h4-11H,3,12-13H2,1-2H3/b20-19-. The number of hydrogen-bond acceptors (Lipinski definition) is 3. The number of methoxy groups -OCH3 is 1. The van der Waals surface area contributed by atoms with Gasteiger partial charge in [-0.1, -0.05) is 42.5 Å². The summed E-state index contributed by atoms with van der Waals surface area (Å²) in [6.45, 7) is 3.34. The summed E-state index contributed by atoms with van der Waals surface area (Å²) in [5.74, 6) is -0.213. The van der Waals surface area contributed by atoms with Crippen molar-refractivity contribution in [3.63, 3.8) is 0 Å². The number of hydrogen-bond donors (Lipinski definition) is 0. The lowest BCUT2D eigenvalue weighted by Crippen LogP contribution is -2.19. The number of rotatable bonds is 5. The zero-order valence-corrected chi connectivity index (χ0v) is 14.7. The normalized spacial score (nSPS) is 12.0. The summed E-state index contributed by atoms with van der Waals surface area (Å²) in [5, 5.41) is 0. The lowest BCUT2D eigenvalue weighted by Gasteiger charge is -2.04. The summed E-state index contributed by atoms with van der Waals surface area (Å²) >= 11 is 1.52. The molecule has 0 unspecified atom stereocenters. The van der Waals surface area contributed by atoms with Crippen molar-refractivity contribution in [2.45, 2.75) is 19.9 Å². The number of nitrogens with zero attached hydrogens (tertiary/aromatic N) is 2. The zero-order valence-electron chi connectivity index (χ0n) is 13.9. The molecular formula is C19H20N2O2S. The van der Waals surface area contributed by atoms with Crippen LogP contribution >= 0.6 is 11.3 Å². The van der Waals surface area contributed by atoms with Gasteiger partial charge in [-0.3, -0.25) is 4.79 Å². The van der Waals surface area contributed by atoms with Gasteiger partial charge in [0.15, 0.2) is 4.80 Å². The Kier molecular flexibility index (Phi) is 5.23. The summed E-state index contributed by atoms with van der Waals surface area (Å²) in [6.07, 6.45) is 0.957. The Morgan fingerprint density at radius 1 is 1.17 bits per heavy atom. The second-order valence-electron chi connectivity index (χ2n) is 5.46. The van der Waals surface area contributed by atoms with E-state index in [1.807, 2.05) is 53.1 Å². The average Bonchev–Trinajstić information content (AvgIpc) is 2.97. The van der Waals surface area contributed by atoms with Gasteiger partial charge in [-0.2, -0.15) is 4.99 Å². The largest absolute Gasteiger partial charge is 0.383 e. The van der Waals surface area contributed by atoms with Gasteiger partial charge in [0.1, 0.15) is 0 Å². The van der Waals surface area contributed by atoms with Gasteiger partial charge in [0.2, 0.25) is 0 Å². The van der Waals surface area contributed by atoms with Crippen molar-refractivity contribution in [2.24, 2.45) is 4.99 Å². The van der Waals surface area contributed by atoms with Crippen molar-refractivity contribution in [2.75, 3.05) is 13.7 Å². The lowest BCUT2D eigenvalue weighted by atomic mass is 10.1. The number of carbonyl (C=O) groups is 1. The van der Waals surface area contributed by atoms with Crippen molar-refractivity contribution >= 4 is 27.5 Å². The average molecular weight is 340 g/mol. The lowest BCUT2D eigenvalue weighted by molar-refractivity contribution is 0.0997. The number of aromatic nitrogens is 1. The van der Waals surface area contributed by atoms with Crippen molar-refractivity contribution in [1.29, 1.82) is 0 Å². The number of para-hydroxylation sites is 1. The molecule has 0 bridgehead atoms. The first kappa shape index (κ1) is 16.6. The fraction of sp³-hybridized carbons (Fsp3) is 0.263. The highest BCUT2D eigenvalue weighted by Crippen LogP contribution is 2.17. The molecule has 124 valence electrons. The number of carbonyl (C=O) groups excluding carboxylic acids is 1. The van der Waals surface area contributed by atoms with Gasteiger partial charge in [0, 0.05) is 19.2 Å². The van der Waals surface area contributed by atoms with Gasteiger partial charge in [0.05, 0.1) is 16.8 Å². The van der Waals surface area contributed by atoms with Crippen LogP contribution in [-0.4, -0.2) is 24.2 Å². The molecule has 1 amide bonds. The summed E-state index contributed by atoms with van der Waals surface area (Å²) < 4.78 is 8.35. The molecule has 2 aromatic carbocycles. The molecule has 3 aromatic rings. The Balaban J connectivity index is 2.02. The molecule has 0 aliphatic carbocycles. The molecule has 5 heteroatoms. The van der Waals surface area contributed by atoms with Crippen LogP contribution in [0.1, 0.15) is 22.8 Å². The molecule has 0 saturated heterocycles. The first-order valence-electron chi connectivity index (χ1n) is 7.98. The molecule has 0 spiro atoms. The van der Waals surface area contributed by atoms with E-state index in [1.54, 1.807) is 7.11 Å². The fourth-order valence-electron chi connectivity index (χ4n) is 2.54. The predicted octanol–water partition coefficient (Wildman–Crippen LogP) is 3.65. The van der Waals surface area contributed by atoms with E-state index >= 15 is 0 Å². The van der Waals surface area contributed by atoms with Crippen molar-refractivity contribution in [3.05, 3.63) is 64.5 Å². The number of amides is 1. The van der Waals surface area contributed by atoms with Crippen LogP contribution in [0, 0.1) is 0 Å². The Morgan fingerprint density at radius 3 is 2.62 bits per heavy atom. The molecule has 0 atom stereocenters. The van der Waals surface area contributed by atoms with Crippen molar-refractivity contribution < 1.29 is 9.53 Å². The van der Waals surface area contributed by atoms with Gasteiger partial charge < -0.3 is 9.30 Å². The minimum absolute atomic E-state index is 0.213. The van der Waals surface area contributed by atoms with Gasteiger partial charge in [-0.05, 0) is 36.2 Å².